The van der Waals surface area contributed by atoms with E-state index in [-0.39, 0.29) is 5.91 Å². The van der Waals surface area contributed by atoms with Gasteiger partial charge < -0.3 is 10.2 Å². The molecule has 5 nitrogen and oxygen atoms in total. The number of likely N-dealkylation sites (tertiary alicyclic amines) is 1. The highest BCUT2D eigenvalue weighted by Crippen LogP contribution is 2.36. The molecule has 1 aromatic heterocycles. The van der Waals surface area contributed by atoms with Gasteiger partial charge in [-0.05, 0) is 25.5 Å². The van der Waals surface area contributed by atoms with E-state index in [0.29, 0.717) is 18.4 Å². The minimum Gasteiger partial charge on any atom is -0.342 e. The molecule has 0 saturated carbocycles. The summed E-state index contributed by atoms with van der Waals surface area (Å²) >= 11 is 0. The molecule has 2 aliphatic heterocycles. The van der Waals surface area contributed by atoms with E-state index in [0.717, 1.165) is 32.6 Å². The Kier molecular flexibility index (Phi) is 3.07. The maximum Gasteiger partial charge on any atom is 0.224 e. The van der Waals surface area contributed by atoms with Gasteiger partial charge in [0, 0.05) is 50.4 Å². The fourth-order valence-corrected chi connectivity index (χ4v) is 3.09. The molecule has 0 radical (unpaired) electrons. The number of amides is 1. The van der Waals surface area contributed by atoms with Crippen molar-refractivity contribution in [2.75, 3.05) is 26.2 Å². The van der Waals surface area contributed by atoms with Crippen LogP contribution in [0.3, 0.4) is 0 Å². The normalized spacial score (nSPS) is 27.2. The van der Waals surface area contributed by atoms with Crippen molar-refractivity contribution < 1.29 is 4.79 Å². The fourth-order valence-electron chi connectivity index (χ4n) is 3.09. The third-order valence-electron chi connectivity index (χ3n) is 4.24. The molecule has 2 fully saturated rings. The first-order valence-electron chi connectivity index (χ1n) is 6.73. The number of carbonyl (C=O) groups excluding carboxylic acids is 1. The summed E-state index contributed by atoms with van der Waals surface area (Å²) < 4.78 is 1.82. The van der Waals surface area contributed by atoms with Gasteiger partial charge in [0.2, 0.25) is 5.91 Å². The fraction of sp³-hybridized carbons (Fsp3) is 0.692. The van der Waals surface area contributed by atoms with Gasteiger partial charge in [-0.15, -0.1) is 0 Å². The average Bonchev–Trinajstić information content (AvgIpc) is 3.10. The number of carbonyl (C=O) groups is 1. The molecule has 1 atom stereocenters. The van der Waals surface area contributed by atoms with Crippen LogP contribution in [0.15, 0.2) is 18.5 Å². The Balaban J connectivity index is 1.51. The molecular weight excluding hydrogens is 228 g/mol. The molecule has 1 unspecified atom stereocenters. The van der Waals surface area contributed by atoms with Crippen LogP contribution in [0.2, 0.25) is 0 Å². The summed E-state index contributed by atoms with van der Waals surface area (Å²) in [5, 5.41) is 7.54. The maximum atomic E-state index is 12.1. The van der Waals surface area contributed by atoms with Crippen LogP contribution in [0.1, 0.15) is 19.3 Å². The molecule has 0 aliphatic carbocycles. The zero-order valence-corrected chi connectivity index (χ0v) is 10.6. The first-order chi connectivity index (χ1) is 8.77. The van der Waals surface area contributed by atoms with Gasteiger partial charge in [0.1, 0.15) is 0 Å². The van der Waals surface area contributed by atoms with E-state index in [1.807, 2.05) is 21.8 Å². The maximum absolute atomic E-state index is 12.1. The van der Waals surface area contributed by atoms with Crippen LogP contribution >= 0.6 is 0 Å². The summed E-state index contributed by atoms with van der Waals surface area (Å²) in [5.74, 6) is 0.272. The van der Waals surface area contributed by atoms with Crippen molar-refractivity contribution in [2.45, 2.75) is 25.8 Å². The number of rotatable bonds is 3. The van der Waals surface area contributed by atoms with Gasteiger partial charge in [-0.2, -0.15) is 5.10 Å². The third-order valence-corrected chi connectivity index (χ3v) is 4.24. The van der Waals surface area contributed by atoms with E-state index in [9.17, 15) is 4.79 Å². The van der Waals surface area contributed by atoms with Crippen LogP contribution in [-0.4, -0.2) is 46.8 Å². The first kappa shape index (κ1) is 11.7. The lowest BCUT2D eigenvalue weighted by atomic mass is 9.87. The molecule has 98 valence electrons. The van der Waals surface area contributed by atoms with Gasteiger partial charge in [-0.3, -0.25) is 9.48 Å². The second-order valence-electron chi connectivity index (χ2n) is 5.51. The van der Waals surface area contributed by atoms with Crippen molar-refractivity contribution in [3.8, 4) is 0 Å². The Bertz CT molecular complexity index is 409. The van der Waals surface area contributed by atoms with Crippen LogP contribution in [-0.2, 0) is 11.3 Å². The molecule has 2 saturated heterocycles. The van der Waals surface area contributed by atoms with E-state index >= 15 is 0 Å². The molecule has 0 bridgehead atoms. The van der Waals surface area contributed by atoms with Crippen molar-refractivity contribution >= 4 is 5.91 Å². The summed E-state index contributed by atoms with van der Waals surface area (Å²) in [5.41, 5.74) is 0.376. The summed E-state index contributed by atoms with van der Waals surface area (Å²) in [6, 6.07) is 1.89. The van der Waals surface area contributed by atoms with E-state index in [1.165, 1.54) is 6.42 Å². The van der Waals surface area contributed by atoms with Crippen LogP contribution in [0.25, 0.3) is 0 Å². The van der Waals surface area contributed by atoms with Crippen LogP contribution < -0.4 is 5.32 Å². The minimum absolute atomic E-state index is 0.272. The monoisotopic (exact) mass is 248 g/mol. The highest BCUT2D eigenvalue weighted by atomic mass is 16.2. The SMILES string of the molecule is O=C(CCn1cccn1)N1CCC2(CCNC2)C1. The second kappa shape index (κ2) is 4.72. The molecule has 1 aromatic rings. The van der Waals surface area contributed by atoms with Gasteiger partial charge in [0.05, 0.1) is 0 Å². The third kappa shape index (κ3) is 2.27. The Labute approximate surface area is 107 Å². The van der Waals surface area contributed by atoms with E-state index in [4.69, 9.17) is 0 Å². The predicted octanol–water partition coefficient (Wildman–Crippen LogP) is 0.485. The Hall–Kier alpha value is -1.36. The first-order valence-corrected chi connectivity index (χ1v) is 6.73. The molecule has 1 N–H and O–H groups in total. The highest BCUT2D eigenvalue weighted by Gasteiger charge is 2.41. The topological polar surface area (TPSA) is 50.2 Å². The van der Waals surface area contributed by atoms with Gasteiger partial charge in [0.25, 0.3) is 0 Å². The number of aromatic nitrogens is 2. The number of hydrogen-bond acceptors (Lipinski definition) is 3. The van der Waals surface area contributed by atoms with Crippen molar-refractivity contribution in [3.05, 3.63) is 18.5 Å². The zero-order valence-electron chi connectivity index (χ0n) is 10.6. The number of aryl methyl sites for hydroxylation is 1. The molecule has 5 heteroatoms. The summed E-state index contributed by atoms with van der Waals surface area (Å²) in [7, 11) is 0. The number of nitrogens with zero attached hydrogens (tertiary/aromatic N) is 3. The molecule has 1 spiro atoms. The Morgan fingerprint density at radius 2 is 2.39 bits per heavy atom. The molecule has 3 heterocycles. The lowest BCUT2D eigenvalue weighted by Gasteiger charge is -2.22. The quantitative estimate of drug-likeness (QED) is 0.846. The molecule has 2 aliphatic rings. The zero-order chi connectivity index (χ0) is 12.4. The summed E-state index contributed by atoms with van der Waals surface area (Å²) in [4.78, 5) is 14.2. The average molecular weight is 248 g/mol. The smallest absolute Gasteiger partial charge is 0.224 e. The van der Waals surface area contributed by atoms with Gasteiger partial charge in [-0.1, -0.05) is 0 Å². The van der Waals surface area contributed by atoms with Gasteiger partial charge >= 0.3 is 0 Å². The van der Waals surface area contributed by atoms with E-state index in [1.54, 1.807) is 6.20 Å². The second-order valence-corrected chi connectivity index (χ2v) is 5.51. The number of hydrogen-bond donors (Lipinski definition) is 1. The molecule has 3 rings (SSSR count). The van der Waals surface area contributed by atoms with Crippen molar-refractivity contribution in [1.82, 2.24) is 20.0 Å². The summed E-state index contributed by atoms with van der Waals surface area (Å²) in [6.07, 6.45) is 6.59. The van der Waals surface area contributed by atoms with Crippen molar-refractivity contribution in [2.24, 2.45) is 5.41 Å². The molecule has 0 aromatic carbocycles. The number of nitrogens with one attached hydrogen (secondary N) is 1. The van der Waals surface area contributed by atoms with E-state index in [2.05, 4.69) is 10.4 Å². The van der Waals surface area contributed by atoms with E-state index < -0.39 is 0 Å². The predicted molar refractivity (Wildman–Crippen MR) is 68.0 cm³/mol. The van der Waals surface area contributed by atoms with Crippen LogP contribution in [0.5, 0.6) is 0 Å². The lowest BCUT2D eigenvalue weighted by molar-refractivity contribution is -0.130. The van der Waals surface area contributed by atoms with Crippen molar-refractivity contribution in [1.29, 1.82) is 0 Å². The lowest BCUT2D eigenvalue weighted by Crippen LogP contribution is -2.33. The van der Waals surface area contributed by atoms with Crippen LogP contribution in [0.4, 0.5) is 0 Å². The molecule has 1 amide bonds. The van der Waals surface area contributed by atoms with Crippen LogP contribution in [0, 0.1) is 5.41 Å². The minimum atomic E-state index is 0.272. The molecular formula is C13H20N4O. The molecule has 18 heavy (non-hydrogen) atoms. The Morgan fingerprint density at radius 3 is 3.11 bits per heavy atom. The Morgan fingerprint density at radius 1 is 1.44 bits per heavy atom. The summed E-state index contributed by atoms with van der Waals surface area (Å²) in [6.45, 7) is 4.75. The van der Waals surface area contributed by atoms with Gasteiger partial charge in [-0.25, -0.2) is 0 Å². The van der Waals surface area contributed by atoms with Crippen molar-refractivity contribution in [3.63, 3.8) is 0 Å². The highest BCUT2D eigenvalue weighted by molar-refractivity contribution is 5.76. The van der Waals surface area contributed by atoms with Gasteiger partial charge in [0.15, 0.2) is 0 Å². The standard InChI is InChI=1S/C13H20N4O/c18-12(2-8-17-7-1-5-15-17)16-9-4-13(11-16)3-6-14-10-13/h1,5,7,14H,2-4,6,8-11H2. The largest absolute Gasteiger partial charge is 0.342 e.